The fourth-order valence-corrected chi connectivity index (χ4v) is 1.69. The Morgan fingerprint density at radius 1 is 1.33 bits per heavy atom. The van der Waals surface area contributed by atoms with Gasteiger partial charge in [0.05, 0.1) is 12.8 Å². The maximum atomic E-state index is 5.91. The molecule has 0 unspecified atom stereocenters. The zero-order valence-corrected chi connectivity index (χ0v) is 10.8. The highest BCUT2D eigenvalue weighted by Crippen LogP contribution is 2.26. The Balaban J connectivity index is 2.58. The van der Waals surface area contributed by atoms with Crippen LogP contribution in [0.5, 0.6) is 5.88 Å². The maximum absolute atomic E-state index is 5.91. The van der Waals surface area contributed by atoms with E-state index in [9.17, 15) is 0 Å². The molecule has 0 atom stereocenters. The van der Waals surface area contributed by atoms with Crippen molar-refractivity contribution in [2.24, 2.45) is 0 Å². The van der Waals surface area contributed by atoms with E-state index in [0.29, 0.717) is 11.7 Å². The van der Waals surface area contributed by atoms with Gasteiger partial charge in [0, 0.05) is 29.8 Å². The van der Waals surface area contributed by atoms with Crippen molar-refractivity contribution in [2.45, 2.75) is 20.3 Å². The van der Waals surface area contributed by atoms with Gasteiger partial charge in [0.15, 0.2) is 0 Å². The van der Waals surface area contributed by atoms with Gasteiger partial charge in [0.1, 0.15) is 11.6 Å². The Morgan fingerprint density at radius 3 is 2.78 bits per heavy atom. The zero-order chi connectivity index (χ0) is 13.1. The fourth-order valence-electron chi connectivity index (χ4n) is 1.69. The Morgan fingerprint density at radius 2 is 2.11 bits per heavy atom. The standard InChI is InChI=1S/C13H16N4O/c1-4-10-16-12(8(2)13(14)17-10)9-5-6-15-11(7-9)18-3/h5-7H,4H2,1-3H3,(H2,14,16,17). The van der Waals surface area contributed by atoms with Gasteiger partial charge in [-0.05, 0) is 13.0 Å². The minimum Gasteiger partial charge on any atom is -0.481 e. The molecule has 2 aromatic heterocycles. The third-order valence-electron chi connectivity index (χ3n) is 2.76. The quantitative estimate of drug-likeness (QED) is 0.893. The summed E-state index contributed by atoms with van der Waals surface area (Å²) in [5, 5.41) is 0. The topological polar surface area (TPSA) is 73.9 Å². The Hall–Kier alpha value is -2.17. The molecule has 5 heteroatoms. The zero-order valence-electron chi connectivity index (χ0n) is 10.8. The predicted octanol–water partition coefficient (Wildman–Crippen LogP) is 2.00. The normalized spacial score (nSPS) is 10.4. The number of aromatic nitrogens is 3. The average molecular weight is 244 g/mol. The van der Waals surface area contributed by atoms with Crippen molar-refractivity contribution in [3.63, 3.8) is 0 Å². The van der Waals surface area contributed by atoms with Crippen molar-refractivity contribution in [2.75, 3.05) is 12.8 Å². The smallest absolute Gasteiger partial charge is 0.213 e. The van der Waals surface area contributed by atoms with Crippen LogP contribution in [-0.2, 0) is 6.42 Å². The molecule has 5 nitrogen and oxygen atoms in total. The molecule has 94 valence electrons. The summed E-state index contributed by atoms with van der Waals surface area (Å²) in [5.74, 6) is 1.82. The van der Waals surface area contributed by atoms with E-state index >= 15 is 0 Å². The lowest BCUT2D eigenvalue weighted by Crippen LogP contribution is -2.04. The number of nitrogen functional groups attached to an aromatic ring is 1. The number of nitrogens with zero attached hydrogens (tertiary/aromatic N) is 3. The van der Waals surface area contributed by atoms with E-state index in [2.05, 4.69) is 15.0 Å². The summed E-state index contributed by atoms with van der Waals surface area (Å²) in [6, 6.07) is 3.73. The van der Waals surface area contributed by atoms with Gasteiger partial charge in [-0.25, -0.2) is 15.0 Å². The molecule has 2 rings (SSSR count). The fraction of sp³-hybridized carbons (Fsp3) is 0.308. The lowest BCUT2D eigenvalue weighted by molar-refractivity contribution is 0.398. The van der Waals surface area contributed by atoms with Crippen molar-refractivity contribution >= 4 is 5.82 Å². The Kier molecular flexibility index (Phi) is 3.41. The van der Waals surface area contributed by atoms with Crippen molar-refractivity contribution in [1.82, 2.24) is 15.0 Å². The van der Waals surface area contributed by atoms with E-state index in [-0.39, 0.29) is 0 Å². The first kappa shape index (κ1) is 12.3. The second kappa shape index (κ2) is 5.00. The van der Waals surface area contributed by atoms with Crippen LogP contribution in [0.15, 0.2) is 18.3 Å². The molecule has 0 spiro atoms. The van der Waals surface area contributed by atoms with Gasteiger partial charge < -0.3 is 10.5 Å². The molecule has 0 saturated carbocycles. The number of rotatable bonds is 3. The largest absolute Gasteiger partial charge is 0.481 e. The maximum Gasteiger partial charge on any atom is 0.213 e. The van der Waals surface area contributed by atoms with Crippen LogP contribution in [0.2, 0.25) is 0 Å². The van der Waals surface area contributed by atoms with Crippen molar-refractivity contribution in [1.29, 1.82) is 0 Å². The van der Waals surface area contributed by atoms with Gasteiger partial charge in [-0.3, -0.25) is 0 Å². The third kappa shape index (κ3) is 2.25. The molecule has 0 radical (unpaired) electrons. The minimum atomic E-state index is 0.521. The molecular formula is C13H16N4O. The lowest BCUT2D eigenvalue weighted by Gasteiger charge is -2.10. The molecule has 0 aliphatic carbocycles. The van der Waals surface area contributed by atoms with Crippen LogP contribution in [0.25, 0.3) is 11.3 Å². The highest BCUT2D eigenvalue weighted by molar-refractivity contribution is 5.67. The van der Waals surface area contributed by atoms with Gasteiger partial charge in [-0.15, -0.1) is 0 Å². The van der Waals surface area contributed by atoms with E-state index in [4.69, 9.17) is 10.5 Å². The van der Waals surface area contributed by atoms with Crippen molar-refractivity contribution in [3.05, 3.63) is 29.7 Å². The molecule has 0 aromatic carbocycles. The first-order valence-electron chi connectivity index (χ1n) is 5.79. The first-order chi connectivity index (χ1) is 8.65. The van der Waals surface area contributed by atoms with E-state index in [1.54, 1.807) is 13.3 Å². The molecule has 0 fully saturated rings. The molecule has 18 heavy (non-hydrogen) atoms. The van der Waals surface area contributed by atoms with Gasteiger partial charge in [-0.1, -0.05) is 6.92 Å². The predicted molar refractivity (Wildman–Crippen MR) is 70.3 cm³/mol. The molecular weight excluding hydrogens is 228 g/mol. The molecule has 2 aromatic rings. The van der Waals surface area contributed by atoms with Gasteiger partial charge in [0.25, 0.3) is 0 Å². The number of hydrogen-bond acceptors (Lipinski definition) is 5. The van der Waals surface area contributed by atoms with Gasteiger partial charge >= 0.3 is 0 Å². The third-order valence-corrected chi connectivity index (χ3v) is 2.76. The van der Waals surface area contributed by atoms with Gasteiger partial charge in [-0.2, -0.15) is 0 Å². The SMILES string of the molecule is CCc1nc(N)c(C)c(-c2ccnc(OC)c2)n1. The number of anilines is 1. The van der Waals surface area contributed by atoms with Crippen LogP contribution in [0, 0.1) is 6.92 Å². The Labute approximate surface area is 106 Å². The number of methoxy groups -OCH3 is 1. The summed E-state index contributed by atoms with van der Waals surface area (Å²) in [6.45, 7) is 3.91. The van der Waals surface area contributed by atoms with E-state index in [0.717, 1.165) is 29.1 Å². The average Bonchev–Trinajstić information content (AvgIpc) is 2.41. The van der Waals surface area contributed by atoms with Crippen molar-refractivity contribution < 1.29 is 4.74 Å². The van der Waals surface area contributed by atoms with Crippen LogP contribution < -0.4 is 10.5 Å². The monoisotopic (exact) mass is 244 g/mol. The van der Waals surface area contributed by atoms with Crippen LogP contribution in [0.1, 0.15) is 18.3 Å². The number of pyridine rings is 1. The number of ether oxygens (including phenoxy) is 1. The lowest BCUT2D eigenvalue weighted by atomic mass is 10.1. The summed E-state index contributed by atoms with van der Waals surface area (Å²) in [4.78, 5) is 12.8. The molecule has 2 heterocycles. The summed E-state index contributed by atoms with van der Waals surface area (Å²) < 4.78 is 5.12. The van der Waals surface area contributed by atoms with Crippen LogP contribution in [-0.4, -0.2) is 22.1 Å². The minimum absolute atomic E-state index is 0.521. The van der Waals surface area contributed by atoms with Crippen LogP contribution in [0.3, 0.4) is 0 Å². The van der Waals surface area contributed by atoms with Crippen LogP contribution >= 0.6 is 0 Å². The second-order valence-electron chi connectivity index (χ2n) is 3.94. The van der Waals surface area contributed by atoms with Crippen LogP contribution in [0.4, 0.5) is 5.82 Å². The molecule has 0 bridgehead atoms. The molecule has 0 aliphatic rings. The molecule has 2 N–H and O–H groups in total. The summed E-state index contributed by atoms with van der Waals surface area (Å²) in [5.41, 5.74) is 8.55. The highest BCUT2D eigenvalue weighted by atomic mass is 16.5. The summed E-state index contributed by atoms with van der Waals surface area (Å²) >= 11 is 0. The second-order valence-corrected chi connectivity index (χ2v) is 3.94. The van der Waals surface area contributed by atoms with Crippen molar-refractivity contribution in [3.8, 4) is 17.1 Å². The first-order valence-corrected chi connectivity index (χ1v) is 5.79. The van der Waals surface area contributed by atoms with Gasteiger partial charge in [0.2, 0.25) is 5.88 Å². The van der Waals surface area contributed by atoms with E-state index in [1.807, 2.05) is 26.0 Å². The van der Waals surface area contributed by atoms with E-state index < -0.39 is 0 Å². The summed E-state index contributed by atoms with van der Waals surface area (Å²) in [7, 11) is 1.59. The summed E-state index contributed by atoms with van der Waals surface area (Å²) in [6.07, 6.45) is 2.44. The molecule has 0 amide bonds. The number of aryl methyl sites for hydroxylation is 1. The highest BCUT2D eigenvalue weighted by Gasteiger charge is 2.10. The number of hydrogen-bond donors (Lipinski definition) is 1. The number of nitrogens with two attached hydrogens (primary N) is 1. The molecule has 0 saturated heterocycles. The Bertz CT molecular complexity index is 569. The molecule has 0 aliphatic heterocycles. The van der Waals surface area contributed by atoms with E-state index in [1.165, 1.54) is 0 Å².